The van der Waals surface area contributed by atoms with Gasteiger partial charge in [0, 0.05) is 31.9 Å². The molecule has 5 nitrogen and oxygen atoms in total. The van der Waals surface area contributed by atoms with Gasteiger partial charge in [-0.3, -0.25) is 9.69 Å². The van der Waals surface area contributed by atoms with Gasteiger partial charge in [-0.05, 0) is 36.7 Å². The summed E-state index contributed by atoms with van der Waals surface area (Å²) in [6.45, 7) is 4.34. The van der Waals surface area contributed by atoms with Crippen molar-refractivity contribution < 1.29 is 10.3 Å². The molecule has 0 saturated carbocycles. The van der Waals surface area contributed by atoms with E-state index in [-0.39, 0.29) is 36.3 Å². The van der Waals surface area contributed by atoms with Gasteiger partial charge in [-0.15, -0.1) is 0 Å². The van der Waals surface area contributed by atoms with Crippen LogP contribution in [0.1, 0.15) is 16.6 Å². The van der Waals surface area contributed by atoms with Gasteiger partial charge in [0.05, 0.1) is 23.3 Å². The Bertz CT molecular complexity index is 981. The molecule has 0 spiro atoms. The topological polar surface area (TPSA) is 59.4 Å². The first-order valence-electron chi connectivity index (χ1n) is 10.2. The highest BCUT2D eigenvalue weighted by Gasteiger charge is 2.20. The molecule has 0 bridgehead atoms. The zero-order valence-electron chi connectivity index (χ0n) is 18.1. The summed E-state index contributed by atoms with van der Waals surface area (Å²) in [5, 5.41) is 11.9. The number of rotatable bonds is 4. The Kier molecular flexibility index (Phi) is 3.91. The average Bonchev–Trinajstić information content (AvgIpc) is 2.70. The van der Waals surface area contributed by atoms with Crippen molar-refractivity contribution in [3.05, 3.63) is 59.6 Å². The summed E-state index contributed by atoms with van der Waals surface area (Å²) in [6.07, 6.45) is 0. The lowest BCUT2D eigenvalue weighted by Crippen LogP contribution is -2.48. The van der Waals surface area contributed by atoms with Crippen molar-refractivity contribution in [2.75, 3.05) is 42.9 Å². The molecule has 128 valence electrons. The van der Waals surface area contributed by atoms with Crippen molar-refractivity contribution in [3.63, 3.8) is 0 Å². The Hall–Kier alpha value is -2.84. The SMILES string of the molecule is [3H]c1ccc(N2CCN(CC(=O)Nc3c([3H])cc([3H])c(C)c3[3H])CC2)c(C#N)c1. The zero-order chi connectivity index (χ0) is 21.1. The second-order valence-electron chi connectivity index (χ2n) is 5.92. The van der Waals surface area contributed by atoms with Gasteiger partial charge in [-0.1, -0.05) is 24.2 Å². The maximum absolute atomic E-state index is 12.4. The van der Waals surface area contributed by atoms with Crippen LogP contribution in [0.5, 0.6) is 0 Å². The molecule has 1 heterocycles. The minimum Gasteiger partial charge on any atom is -0.368 e. The molecule has 0 radical (unpaired) electrons. The third-order valence-corrected chi connectivity index (χ3v) is 4.12. The van der Waals surface area contributed by atoms with E-state index >= 15 is 0 Å². The second kappa shape index (κ2) is 7.82. The Morgan fingerprint density at radius 3 is 2.84 bits per heavy atom. The number of piperazine rings is 1. The lowest BCUT2D eigenvalue weighted by molar-refractivity contribution is -0.117. The standard InChI is InChI=1S/C20H22N4O/c1-16-5-4-7-18(13-16)22-20(25)15-23-9-11-24(12-10-23)19-8-3-2-6-17(19)14-21/h2-8,13H,9-12,15H2,1H3,(H,22,25)/i2T,5T,7T,13T. The summed E-state index contributed by atoms with van der Waals surface area (Å²) in [5.74, 6) is -0.297. The van der Waals surface area contributed by atoms with Gasteiger partial charge in [0.15, 0.2) is 0 Å². The summed E-state index contributed by atoms with van der Waals surface area (Å²) in [6, 6.07) is 8.85. The van der Waals surface area contributed by atoms with Crippen molar-refractivity contribution in [1.29, 1.82) is 5.26 Å². The van der Waals surface area contributed by atoms with Crippen LogP contribution in [-0.2, 0) is 4.79 Å². The minimum atomic E-state index is -0.297. The van der Waals surface area contributed by atoms with Crippen molar-refractivity contribution in [2.45, 2.75) is 6.92 Å². The number of nitrogens with zero attached hydrogens (tertiary/aromatic N) is 3. The van der Waals surface area contributed by atoms with Crippen molar-refractivity contribution in [1.82, 2.24) is 4.90 Å². The van der Waals surface area contributed by atoms with E-state index in [0.29, 0.717) is 43.3 Å². The lowest BCUT2D eigenvalue weighted by Gasteiger charge is -2.36. The van der Waals surface area contributed by atoms with Crippen molar-refractivity contribution >= 4 is 17.3 Å². The predicted molar refractivity (Wildman–Crippen MR) is 99.6 cm³/mol. The third-order valence-electron chi connectivity index (χ3n) is 4.12. The first kappa shape index (κ1) is 12.5. The molecule has 25 heavy (non-hydrogen) atoms. The molecule has 0 aromatic heterocycles. The monoisotopic (exact) mass is 342 g/mol. The fraction of sp³-hybridized carbons (Fsp3) is 0.300. The highest BCUT2D eigenvalue weighted by molar-refractivity contribution is 5.92. The number of hydrogen-bond donors (Lipinski definition) is 1. The maximum Gasteiger partial charge on any atom is 0.238 e. The van der Waals surface area contributed by atoms with E-state index in [9.17, 15) is 10.1 Å². The van der Waals surface area contributed by atoms with E-state index in [4.69, 9.17) is 5.48 Å². The normalized spacial score (nSPS) is 17.0. The van der Waals surface area contributed by atoms with Crippen LogP contribution in [0, 0.1) is 18.3 Å². The van der Waals surface area contributed by atoms with Crippen LogP contribution in [-0.4, -0.2) is 43.5 Å². The number of carbonyl (C=O) groups is 1. The van der Waals surface area contributed by atoms with E-state index in [0.717, 1.165) is 5.69 Å². The smallest absolute Gasteiger partial charge is 0.238 e. The molecule has 3 rings (SSSR count). The lowest BCUT2D eigenvalue weighted by atomic mass is 10.1. The first-order chi connectivity index (χ1) is 13.8. The molecule has 1 amide bonds. The summed E-state index contributed by atoms with van der Waals surface area (Å²) in [7, 11) is 0. The summed E-state index contributed by atoms with van der Waals surface area (Å²) < 4.78 is 31.3. The molecule has 5 heteroatoms. The van der Waals surface area contributed by atoms with E-state index < -0.39 is 0 Å². The van der Waals surface area contributed by atoms with Gasteiger partial charge >= 0.3 is 0 Å². The number of benzene rings is 2. The van der Waals surface area contributed by atoms with E-state index in [1.807, 2.05) is 4.90 Å². The van der Waals surface area contributed by atoms with Crippen LogP contribution in [0.2, 0.25) is 0 Å². The number of carbonyl (C=O) groups excluding carboxylic acids is 1. The van der Waals surface area contributed by atoms with Crippen LogP contribution in [0.4, 0.5) is 11.4 Å². The second-order valence-corrected chi connectivity index (χ2v) is 5.92. The molecule has 2 aromatic rings. The van der Waals surface area contributed by atoms with Crippen LogP contribution in [0.3, 0.4) is 0 Å². The minimum absolute atomic E-state index is 0.00235. The molecule has 1 saturated heterocycles. The Morgan fingerprint density at radius 2 is 2.08 bits per heavy atom. The van der Waals surface area contributed by atoms with Crippen molar-refractivity contribution in [3.8, 4) is 6.07 Å². The summed E-state index contributed by atoms with van der Waals surface area (Å²) >= 11 is 0. The molecular weight excluding hydrogens is 312 g/mol. The fourth-order valence-electron chi connectivity index (χ4n) is 2.86. The molecule has 1 aliphatic rings. The Morgan fingerprint density at radius 1 is 1.28 bits per heavy atom. The molecule has 1 aliphatic heterocycles. The number of para-hydroxylation sites is 1. The van der Waals surface area contributed by atoms with Crippen LogP contribution >= 0.6 is 0 Å². The van der Waals surface area contributed by atoms with Crippen molar-refractivity contribution in [2.24, 2.45) is 0 Å². The van der Waals surface area contributed by atoms with Gasteiger partial charge in [-0.2, -0.15) is 5.26 Å². The molecule has 0 aliphatic carbocycles. The number of amides is 1. The first-order valence-corrected chi connectivity index (χ1v) is 8.15. The predicted octanol–water partition coefficient (Wildman–Crippen LogP) is 2.63. The summed E-state index contributed by atoms with van der Waals surface area (Å²) in [4.78, 5) is 16.5. The van der Waals surface area contributed by atoms with E-state index in [2.05, 4.69) is 16.3 Å². The highest BCUT2D eigenvalue weighted by Crippen LogP contribution is 2.21. The van der Waals surface area contributed by atoms with Gasteiger partial charge < -0.3 is 10.2 Å². The largest absolute Gasteiger partial charge is 0.368 e. The fourth-order valence-corrected chi connectivity index (χ4v) is 2.86. The maximum atomic E-state index is 12.4. The number of nitriles is 1. The van der Waals surface area contributed by atoms with Crippen LogP contribution in [0.15, 0.2) is 48.4 Å². The molecule has 1 N–H and O–H groups in total. The quantitative estimate of drug-likeness (QED) is 0.928. The third kappa shape index (κ3) is 4.37. The molecule has 0 unspecified atom stereocenters. The van der Waals surface area contributed by atoms with Crippen LogP contribution in [0.25, 0.3) is 0 Å². The van der Waals surface area contributed by atoms with E-state index in [1.54, 1.807) is 25.1 Å². The van der Waals surface area contributed by atoms with Gasteiger partial charge in [0.2, 0.25) is 5.91 Å². The van der Waals surface area contributed by atoms with E-state index in [1.165, 1.54) is 6.07 Å². The molecule has 2 aromatic carbocycles. The number of anilines is 2. The van der Waals surface area contributed by atoms with Gasteiger partial charge in [0.1, 0.15) is 6.07 Å². The number of nitrogens with one attached hydrogen (secondary N) is 1. The van der Waals surface area contributed by atoms with Gasteiger partial charge in [-0.25, -0.2) is 0 Å². The Labute approximate surface area is 154 Å². The zero-order valence-corrected chi connectivity index (χ0v) is 14.1. The average molecular weight is 342 g/mol. The number of hydrogen-bond acceptors (Lipinski definition) is 4. The van der Waals surface area contributed by atoms with Gasteiger partial charge in [0.25, 0.3) is 0 Å². The summed E-state index contributed by atoms with van der Waals surface area (Å²) in [5.41, 5.74) is 1.84. The molecule has 1 fully saturated rings. The Balaban J connectivity index is 1.60. The highest BCUT2D eigenvalue weighted by atomic mass is 16.2. The van der Waals surface area contributed by atoms with Crippen LogP contribution < -0.4 is 10.2 Å². The molecule has 0 atom stereocenters. The molecular formula is C20H22N4O.